The molecule has 0 bridgehead atoms. The van der Waals surface area contributed by atoms with Crippen molar-refractivity contribution in [3.05, 3.63) is 23.2 Å². The third kappa shape index (κ3) is 2.71. The summed E-state index contributed by atoms with van der Waals surface area (Å²) < 4.78 is 10.4. The Balaban J connectivity index is 2.18. The second-order valence-corrected chi connectivity index (χ2v) is 4.92. The minimum atomic E-state index is -1.62. The summed E-state index contributed by atoms with van der Waals surface area (Å²) in [7, 11) is 1.53. The lowest BCUT2D eigenvalue weighted by Crippen LogP contribution is -2.59. The lowest BCUT2D eigenvalue weighted by atomic mass is 10.0. The van der Waals surface area contributed by atoms with E-state index in [0.717, 1.165) is 0 Å². The van der Waals surface area contributed by atoms with Gasteiger partial charge < -0.3 is 20.1 Å². The molecule has 1 aliphatic heterocycles. The van der Waals surface area contributed by atoms with E-state index in [1.54, 1.807) is 18.2 Å². The molecule has 0 saturated carbocycles. The fourth-order valence-electron chi connectivity index (χ4n) is 1.78. The first kappa shape index (κ1) is 14.6. The number of nitrogens with one attached hydrogen (secondary N) is 2. The molecule has 0 unspecified atom stereocenters. The van der Waals surface area contributed by atoms with Crippen molar-refractivity contribution in [2.75, 3.05) is 25.6 Å². The second kappa shape index (κ2) is 5.68. The van der Waals surface area contributed by atoms with E-state index in [1.807, 2.05) is 0 Å². The van der Waals surface area contributed by atoms with E-state index < -0.39 is 17.4 Å². The van der Waals surface area contributed by atoms with Gasteiger partial charge in [0.15, 0.2) is 0 Å². The van der Waals surface area contributed by atoms with Crippen molar-refractivity contribution >= 4 is 29.1 Å². The van der Waals surface area contributed by atoms with E-state index >= 15 is 0 Å². The van der Waals surface area contributed by atoms with Crippen LogP contribution in [0.1, 0.15) is 6.92 Å². The lowest BCUT2D eigenvalue weighted by molar-refractivity contribution is -0.146. The van der Waals surface area contributed by atoms with Gasteiger partial charge in [0.1, 0.15) is 5.75 Å². The fourth-order valence-corrected chi connectivity index (χ4v) is 1.95. The van der Waals surface area contributed by atoms with Crippen molar-refractivity contribution < 1.29 is 19.1 Å². The SMILES string of the molecule is COCCNC(=O)[C@]1(C)Oc2ccc(Cl)cc2NC1=O. The van der Waals surface area contributed by atoms with Gasteiger partial charge >= 0.3 is 0 Å². The van der Waals surface area contributed by atoms with E-state index in [4.69, 9.17) is 21.1 Å². The Labute approximate surface area is 121 Å². The Morgan fingerprint density at radius 1 is 1.55 bits per heavy atom. The summed E-state index contributed by atoms with van der Waals surface area (Å²) in [6, 6.07) is 4.80. The quantitative estimate of drug-likeness (QED) is 0.647. The van der Waals surface area contributed by atoms with Gasteiger partial charge in [0.2, 0.25) is 0 Å². The molecule has 20 heavy (non-hydrogen) atoms. The van der Waals surface area contributed by atoms with Gasteiger partial charge in [-0.2, -0.15) is 0 Å². The zero-order chi connectivity index (χ0) is 14.8. The van der Waals surface area contributed by atoms with E-state index in [9.17, 15) is 9.59 Å². The van der Waals surface area contributed by atoms with Crippen molar-refractivity contribution in [2.45, 2.75) is 12.5 Å². The van der Waals surface area contributed by atoms with Crippen LogP contribution in [0.15, 0.2) is 18.2 Å². The molecule has 0 fully saturated rings. The Hall–Kier alpha value is -1.79. The summed E-state index contributed by atoms with van der Waals surface area (Å²) in [5.41, 5.74) is -1.17. The standard InChI is InChI=1S/C13H15ClN2O4/c1-13(11(17)15-5-6-19-2)12(18)16-9-7-8(14)3-4-10(9)20-13/h3-4,7H,5-6H2,1-2H3,(H,15,17)(H,16,18)/t13-/m0/s1. The minimum Gasteiger partial charge on any atom is -0.466 e. The molecule has 0 aliphatic carbocycles. The maximum absolute atomic E-state index is 12.1. The number of hydrogen-bond donors (Lipinski definition) is 2. The van der Waals surface area contributed by atoms with Gasteiger partial charge in [0, 0.05) is 18.7 Å². The molecule has 0 radical (unpaired) electrons. The van der Waals surface area contributed by atoms with Crippen molar-refractivity contribution in [2.24, 2.45) is 0 Å². The molecule has 108 valence electrons. The molecule has 1 aliphatic rings. The Morgan fingerprint density at radius 3 is 3.00 bits per heavy atom. The zero-order valence-electron chi connectivity index (χ0n) is 11.2. The lowest BCUT2D eigenvalue weighted by Gasteiger charge is -2.33. The van der Waals surface area contributed by atoms with Crippen LogP contribution in [-0.4, -0.2) is 37.7 Å². The Morgan fingerprint density at radius 2 is 2.30 bits per heavy atom. The minimum absolute atomic E-state index is 0.301. The smallest absolute Gasteiger partial charge is 0.278 e. The number of ether oxygens (including phenoxy) is 2. The van der Waals surface area contributed by atoms with Crippen LogP contribution in [0.25, 0.3) is 0 Å². The molecule has 0 saturated heterocycles. The van der Waals surface area contributed by atoms with Gasteiger partial charge in [-0.05, 0) is 25.1 Å². The van der Waals surface area contributed by atoms with Crippen molar-refractivity contribution in [1.29, 1.82) is 0 Å². The van der Waals surface area contributed by atoms with Gasteiger partial charge in [-0.1, -0.05) is 11.6 Å². The first-order valence-corrected chi connectivity index (χ1v) is 6.42. The fraction of sp³-hybridized carbons (Fsp3) is 0.385. The van der Waals surface area contributed by atoms with Crippen LogP contribution in [-0.2, 0) is 14.3 Å². The van der Waals surface area contributed by atoms with E-state index in [-0.39, 0.29) is 0 Å². The highest BCUT2D eigenvalue weighted by Crippen LogP contribution is 2.35. The van der Waals surface area contributed by atoms with Crippen LogP contribution in [0, 0.1) is 0 Å². The largest absolute Gasteiger partial charge is 0.466 e. The van der Waals surface area contributed by atoms with Gasteiger partial charge in [-0.3, -0.25) is 9.59 Å². The van der Waals surface area contributed by atoms with Crippen LogP contribution in [0.5, 0.6) is 5.75 Å². The average molecular weight is 299 g/mol. The number of rotatable bonds is 4. The summed E-state index contributed by atoms with van der Waals surface area (Å²) >= 11 is 5.84. The average Bonchev–Trinajstić information content (AvgIpc) is 2.40. The monoisotopic (exact) mass is 298 g/mol. The molecule has 6 nitrogen and oxygen atoms in total. The highest BCUT2D eigenvalue weighted by Gasteiger charge is 2.47. The van der Waals surface area contributed by atoms with Gasteiger partial charge in [-0.15, -0.1) is 0 Å². The number of amides is 2. The van der Waals surface area contributed by atoms with E-state index in [1.165, 1.54) is 14.0 Å². The number of carbonyl (C=O) groups excluding carboxylic acids is 2. The third-order valence-corrected chi connectivity index (χ3v) is 3.20. The number of methoxy groups -OCH3 is 1. The molecule has 0 spiro atoms. The van der Waals surface area contributed by atoms with Gasteiger partial charge in [0.25, 0.3) is 17.4 Å². The van der Waals surface area contributed by atoms with Crippen molar-refractivity contribution in [3.8, 4) is 5.75 Å². The topological polar surface area (TPSA) is 76.7 Å². The first-order valence-electron chi connectivity index (χ1n) is 6.04. The molecule has 0 aromatic heterocycles. The second-order valence-electron chi connectivity index (χ2n) is 4.48. The van der Waals surface area contributed by atoms with Crippen LogP contribution >= 0.6 is 11.6 Å². The predicted molar refractivity (Wildman–Crippen MR) is 74.0 cm³/mol. The van der Waals surface area contributed by atoms with Crippen LogP contribution in [0.3, 0.4) is 0 Å². The summed E-state index contributed by atoms with van der Waals surface area (Å²) in [5.74, 6) is -0.659. The van der Waals surface area contributed by atoms with Crippen molar-refractivity contribution in [1.82, 2.24) is 5.32 Å². The number of anilines is 1. The molecule has 7 heteroatoms. The predicted octanol–water partition coefficient (Wildman–Crippen LogP) is 1.19. The van der Waals surface area contributed by atoms with Gasteiger partial charge in [0.05, 0.1) is 12.3 Å². The van der Waals surface area contributed by atoms with Crippen molar-refractivity contribution in [3.63, 3.8) is 0 Å². The highest BCUT2D eigenvalue weighted by atomic mass is 35.5. The number of carbonyl (C=O) groups is 2. The molecule has 2 amide bonds. The molecular formula is C13H15ClN2O4. The molecule has 1 heterocycles. The van der Waals surface area contributed by atoms with Crippen LogP contribution in [0.2, 0.25) is 5.02 Å². The summed E-state index contributed by atoms with van der Waals surface area (Å²) in [6.45, 7) is 2.08. The molecule has 2 rings (SSSR count). The molecule has 1 aromatic carbocycles. The summed E-state index contributed by atoms with van der Waals surface area (Å²) in [4.78, 5) is 24.2. The Kier molecular flexibility index (Phi) is 4.15. The first-order chi connectivity index (χ1) is 9.47. The number of halogens is 1. The van der Waals surface area contributed by atoms with Crippen LogP contribution < -0.4 is 15.4 Å². The number of hydrogen-bond acceptors (Lipinski definition) is 4. The molecule has 2 N–H and O–H groups in total. The third-order valence-electron chi connectivity index (χ3n) is 2.96. The maximum atomic E-state index is 12.1. The molecular weight excluding hydrogens is 284 g/mol. The molecule has 1 atom stereocenters. The summed E-state index contributed by atoms with van der Waals surface area (Å²) in [6.07, 6.45) is 0. The number of fused-ring (bicyclic) bond motifs is 1. The van der Waals surface area contributed by atoms with E-state index in [2.05, 4.69) is 10.6 Å². The highest BCUT2D eigenvalue weighted by molar-refractivity contribution is 6.31. The van der Waals surface area contributed by atoms with E-state index in [0.29, 0.717) is 29.6 Å². The normalized spacial score (nSPS) is 20.6. The number of benzene rings is 1. The Bertz CT molecular complexity index is 549. The van der Waals surface area contributed by atoms with Gasteiger partial charge in [-0.25, -0.2) is 0 Å². The maximum Gasteiger partial charge on any atom is 0.278 e. The van der Waals surface area contributed by atoms with Crippen LogP contribution in [0.4, 0.5) is 5.69 Å². The molecule has 1 aromatic rings. The summed E-state index contributed by atoms with van der Waals surface area (Å²) in [5, 5.41) is 5.69. The zero-order valence-corrected chi connectivity index (χ0v) is 11.9.